The van der Waals surface area contributed by atoms with Gasteiger partial charge in [0.25, 0.3) is 5.91 Å². The molecule has 0 amide bonds. The van der Waals surface area contributed by atoms with E-state index in [4.69, 9.17) is 65.4 Å². The fourth-order valence-corrected chi connectivity index (χ4v) is 18.4. The molecule has 19 rings (SSSR count). The van der Waals surface area contributed by atoms with E-state index in [1.165, 1.54) is 33.3 Å². The molecular formula is C100H65Cl4N3O14S3. The van der Waals surface area contributed by atoms with E-state index in [9.17, 15) is 47.9 Å². The zero-order valence-corrected chi connectivity index (χ0v) is 70.9. The van der Waals surface area contributed by atoms with Crippen LogP contribution < -0.4 is 51.5 Å². The minimum absolute atomic E-state index is 0.00111. The molecule has 0 spiro atoms. The van der Waals surface area contributed by atoms with Gasteiger partial charge in [-0.25, -0.2) is 14.4 Å². The molecule has 124 heavy (non-hydrogen) atoms. The van der Waals surface area contributed by atoms with Crippen LogP contribution in [-0.2, 0) is 21.4 Å². The Morgan fingerprint density at radius 2 is 0.750 bits per heavy atom. The maximum absolute atomic E-state index is 13.1. The van der Waals surface area contributed by atoms with Gasteiger partial charge in [-0.05, 0) is 181 Å². The number of carbonyl (C=O) groups excluding carboxylic acids is 4. The molecule has 6 aromatic heterocycles. The molecule has 0 N–H and O–H groups in total. The molecular weight excluding hydrogens is 1710 g/mol. The molecule has 0 saturated heterocycles. The molecule has 19 aromatic rings. The predicted octanol–water partition coefficient (Wildman–Crippen LogP) is 23.8. The summed E-state index contributed by atoms with van der Waals surface area (Å²) in [7, 11) is 1.90. The minimum atomic E-state index is -0.577. The first-order valence-electron chi connectivity index (χ1n) is 37.7. The van der Waals surface area contributed by atoms with Gasteiger partial charge in [-0.1, -0.05) is 183 Å². The summed E-state index contributed by atoms with van der Waals surface area (Å²) in [6, 6.07) is 75.5. The van der Waals surface area contributed by atoms with Gasteiger partial charge in [-0.2, -0.15) is 0 Å². The maximum atomic E-state index is 13.1. The summed E-state index contributed by atoms with van der Waals surface area (Å²) in [6.07, 6.45) is 7.86. The average molecular weight is 1770 g/mol. The van der Waals surface area contributed by atoms with Gasteiger partial charge in [-0.15, -0.1) is 34.0 Å². The maximum Gasteiger partial charge on any atom is 0.335 e. The Labute approximate surface area is 736 Å². The quantitative estimate of drug-likeness (QED) is 0.0293. The topological polar surface area (TPSA) is 222 Å². The third-order valence-electron chi connectivity index (χ3n) is 19.7. The Hall–Kier alpha value is -14.3. The van der Waals surface area contributed by atoms with Gasteiger partial charge in [0.1, 0.15) is 29.6 Å². The van der Waals surface area contributed by atoms with Crippen molar-refractivity contribution in [3.63, 3.8) is 0 Å². The first-order valence-corrected chi connectivity index (χ1v) is 41.6. The molecule has 0 aliphatic rings. The summed E-state index contributed by atoms with van der Waals surface area (Å²) in [4.78, 5) is 122. The summed E-state index contributed by atoms with van der Waals surface area (Å²) in [6.45, 7) is 21.4. The van der Waals surface area contributed by atoms with Crippen LogP contribution in [0.15, 0.2) is 353 Å². The Bertz CT molecular complexity index is 8150. The van der Waals surface area contributed by atoms with Crippen molar-refractivity contribution in [2.45, 2.75) is 0 Å². The van der Waals surface area contributed by atoms with Crippen LogP contribution in [0.5, 0.6) is 23.0 Å². The predicted molar refractivity (Wildman–Crippen MR) is 513 cm³/mol. The van der Waals surface area contributed by atoms with Crippen molar-refractivity contribution in [2.75, 3.05) is 6.61 Å². The molecule has 0 radical (unpaired) electrons. The molecule has 0 aliphatic carbocycles. The van der Waals surface area contributed by atoms with Crippen molar-refractivity contribution in [3.05, 3.63) is 406 Å². The highest BCUT2D eigenvalue weighted by Crippen LogP contribution is 2.39. The Morgan fingerprint density at radius 3 is 1.31 bits per heavy atom. The van der Waals surface area contributed by atoms with Crippen LogP contribution in [0.25, 0.3) is 143 Å². The highest BCUT2D eigenvalue weighted by molar-refractivity contribution is 7.25. The second-order valence-corrected chi connectivity index (χ2v) is 32.0. The van der Waals surface area contributed by atoms with Gasteiger partial charge in [0.2, 0.25) is 0 Å². The second-order valence-electron chi connectivity index (χ2n) is 27.1. The number of halogens is 4. The van der Waals surface area contributed by atoms with Gasteiger partial charge in [0.15, 0.2) is 32.6 Å². The van der Waals surface area contributed by atoms with Crippen LogP contribution in [0, 0.1) is 0 Å². The van der Waals surface area contributed by atoms with E-state index in [0.29, 0.717) is 130 Å². The first-order chi connectivity index (χ1) is 60.0. The lowest BCUT2D eigenvalue weighted by Crippen LogP contribution is -2.15. The normalized spacial score (nSPS) is 10.8. The van der Waals surface area contributed by atoms with Crippen LogP contribution in [0.1, 0.15) is 4.79 Å². The summed E-state index contributed by atoms with van der Waals surface area (Å²) in [5.41, 5.74) is 3.95. The number of benzene rings is 13. The number of ether oxygens (including phenoxy) is 4. The van der Waals surface area contributed by atoms with Crippen molar-refractivity contribution >= 4 is 247 Å². The Morgan fingerprint density at radius 1 is 0.347 bits per heavy atom. The summed E-state index contributed by atoms with van der Waals surface area (Å²) >= 11 is 28.7. The smallest absolute Gasteiger partial charge is 0.335 e. The van der Waals surface area contributed by atoms with Crippen LogP contribution in [0.4, 0.5) is 0 Å². The minimum Gasteiger partial charge on any atom is -0.488 e. The molecule has 0 unspecified atom stereocenters. The van der Waals surface area contributed by atoms with Gasteiger partial charge >= 0.3 is 17.9 Å². The van der Waals surface area contributed by atoms with E-state index in [-0.39, 0.29) is 38.5 Å². The summed E-state index contributed by atoms with van der Waals surface area (Å²) in [5, 5.41) is 10.6. The molecule has 0 saturated carbocycles. The van der Waals surface area contributed by atoms with Crippen molar-refractivity contribution in [3.8, 4) is 23.0 Å². The summed E-state index contributed by atoms with van der Waals surface area (Å²) in [5.74, 6) is -0.302. The SMILES string of the molecule is C=CC(=O)Oc1ccc(Cl)c2c(=O)c3ccccc3sc12.C=CC(=O)Oc1ccc2c(c1)c(=O)c1ccccc1n2C.C=CC(=O)Oc1ccc2sc3ccc4ccccc4c3c(=O)c2c1.C=CC(=O)n1c2ccccc2c(=O)c2cc(Cl)ccc21.C=CCOc1ccc(Cl)c2c(=O)c3ccccc3sc12.C=Cn1c2ccccc2c(=O)c2cc(Cl)ccc21. The fourth-order valence-electron chi connectivity index (χ4n) is 14.0. The number of carbonyl (C=O) groups is 4. The van der Waals surface area contributed by atoms with Crippen LogP contribution in [0.2, 0.25) is 20.1 Å². The third-order valence-corrected chi connectivity index (χ3v) is 24.3. The number of rotatable bonds is 11. The fraction of sp³-hybridized carbons (Fsp3) is 0.0200. The number of nitrogens with zero attached hydrogens (tertiary/aromatic N) is 3. The van der Waals surface area contributed by atoms with Crippen LogP contribution in [0.3, 0.4) is 0 Å². The number of aryl methyl sites for hydroxylation is 1. The van der Waals surface area contributed by atoms with Crippen molar-refractivity contribution in [1.82, 2.24) is 13.7 Å². The number of pyridine rings is 3. The molecule has 24 heteroatoms. The molecule has 17 nitrogen and oxygen atoms in total. The number of fused-ring (bicyclic) bond motifs is 14. The number of esters is 3. The molecule has 13 aromatic carbocycles. The molecule has 610 valence electrons. The number of aromatic nitrogens is 3. The molecule has 0 bridgehead atoms. The number of allylic oxidation sites excluding steroid dienone is 1. The average Bonchev–Trinajstić information content (AvgIpc) is 0.776. The molecule has 0 atom stereocenters. The monoisotopic (exact) mass is 1770 g/mol. The highest BCUT2D eigenvalue weighted by Gasteiger charge is 2.20. The van der Waals surface area contributed by atoms with Gasteiger partial charge in [0, 0.05) is 114 Å². The van der Waals surface area contributed by atoms with E-state index in [0.717, 1.165) is 74.6 Å². The van der Waals surface area contributed by atoms with Crippen molar-refractivity contribution in [1.29, 1.82) is 0 Å². The zero-order chi connectivity index (χ0) is 87.7. The van der Waals surface area contributed by atoms with E-state index in [1.807, 2.05) is 144 Å². The number of para-hydroxylation sites is 3. The first kappa shape index (κ1) is 86.1. The Kier molecular flexibility index (Phi) is 26.2. The molecule has 0 fully saturated rings. The van der Waals surface area contributed by atoms with Gasteiger partial charge in [-0.3, -0.25) is 38.1 Å². The second kappa shape index (κ2) is 37.8. The van der Waals surface area contributed by atoms with Crippen molar-refractivity contribution in [2.24, 2.45) is 7.05 Å². The lowest BCUT2D eigenvalue weighted by atomic mass is 10.1. The van der Waals surface area contributed by atoms with E-state index < -0.39 is 17.9 Å². The van der Waals surface area contributed by atoms with Crippen LogP contribution >= 0.6 is 80.4 Å². The largest absolute Gasteiger partial charge is 0.488 e. The van der Waals surface area contributed by atoms with Gasteiger partial charge < -0.3 is 28.1 Å². The lowest BCUT2D eigenvalue weighted by Gasteiger charge is -2.12. The molecule has 6 heterocycles. The van der Waals surface area contributed by atoms with Gasteiger partial charge in [0.05, 0.1) is 63.3 Å². The number of hydrogen-bond acceptors (Lipinski definition) is 17. The van der Waals surface area contributed by atoms with E-state index >= 15 is 0 Å². The van der Waals surface area contributed by atoms with Crippen LogP contribution in [-0.4, -0.2) is 44.1 Å². The highest BCUT2D eigenvalue weighted by atomic mass is 35.5. The van der Waals surface area contributed by atoms with E-state index in [1.54, 1.807) is 151 Å². The third kappa shape index (κ3) is 17.5. The number of hydrogen-bond donors (Lipinski definition) is 0. The molecule has 0 aliphatic heterocycles. The standard InChI is InChI=1S/C20H12O3S.C17H13NO3.C16H10ClNO2.C16H9ClO3S.C16H11ClO2S.C15H10ClNO/c1-2-18(21)23-13-8-10-16-15(11-13)20(22)19-14-6-4-3-5-12(14)7-9-17(19)24-16;1-3-16(19)21-11-8-9-15-13(10-11)17(20)12-6-4-5-7-14(12)18(15)2;1-2-15(19)18-13-6-4-3-5-11(13)16(20)12-9-10(17)7-8-14(12)18;1-2-13(18)20-11-8-7-10(17)14-15(19)9-5-3-4-6-12(9)21-16(11)14;1-2-9-19-12-8-7-11(17)14-15(18)10-5-3-4-6-13(10)20-16(12)14;1-2-17-13-6-4-3-5-11(13)15(18)12-9-10(16)7-8-14(12)17/h2-11H,1H2;3-10H,1H2,2H3;2-9H,1H2;2-8H,1H2;2-8H,1,9H2;2-9H,1H2. The van der Waals surface area contributed by atoms with Crippen molar-refractivity contribution < 1.29 is 38.1 Å². The van der Waals surface area contributed by atoms with E-state index in [2.05, 4.69) is 39.5 Å². The lowest BCUT2D eigenvalue weighted by molar-refractivity contribution is -0.129. The Balaban J connectivity index is 0.000000121. The summed E-state index contributed by atoms with van der Waals surface area (Å²) < 4.78 is 31.2. The zero-order valence-electron chi connectivity index (χ0n) is 65.5.